The van der Waals surface area contributed by atoms with Gasteiger partial charge in [0.1, 0.15) is 0 Å². The first-order chi connectivity index (χ1) is 8.65. The first-order valence-electron chi connectivity index (χ1n) is 6.67. The van der Waals surface area contributed by atoms with Crippen LogP contribution >= 0.6 is 0 Å². The second-order valence-electron chi connectivity index (χ2n) is 4.88. The van der Waals surface area contributed by atoms with Crippen molar-refractivity contribution < 1.29 is 0 Å². The van der Waals surface area contributed by atoms with E-state index in [2.05, 4.69) is 45.2 Å². The van der Waals surface area contributed by atoms with Gasteiger partial charge in [0, 0.05) is 0 Å². The number of rotatable bonds is 7. The van der Waals surface area contributed by atoms with Gasteiger partial charge in [-0.25, -0.2) is 0 Å². The van der Waals surface area contributed by atoms with Gasteiger partial charge >= 0.3 is 0 Å². The second-order valence-corrected chi connectivity index (χ2v) is 4.88. The van der Waals surface area contributed by atoms with E-state index >= 15 is 0 Å². The molecule has 0 aliphatic heterocycles. The van der Waals surface area contributed by atoms with Crippen molar-refractivity contribution in [3.8, 4) is 0 Å². The van der Waals surface area contributed by atoms with Crippen LogP contribution in [0.2, 0.25) is 0 Å². The van der Waals surface area contributed by atoms with Crippen molar-refractivity contribution in [1.82, 2.24) is 0 Å². The smallest absolute Gasteiger partial charge is 0.0279 e. The molecule has 0 spiro atoms. The van der Waals surface area contributed by atoms with Gasteiger partial charge in [0.25, 0.3) is 0 Å². The van der Waals surface area contributed by atoms with Gasteiger partial charge in [0.2, 0.25) is 0 Å². The molecule has 1 rings (SSSR count). The number of unbranched alkanes of at least 4 members (excludes halogenated alkanes) is 1. The molecule has 0 nitrogen and oxygen atoms in total. The highest BCUT2D eigenvalue weighted by molar-refractivity contribution is 5.28. The lowest BCUT2D eigenvalue weighted by Crippen LogP contribution is -1.89. The monoisotopic (exact) mass is 240 g/mol. The molecule has 0 atom stereocenters. The van der Waals surface area contributed by atoms with Gasteiger partial charge < -0.3 is 0 Å². The third kappa shape index (κ3) is 5.18. The lowest BCUT2D eigenvalue weighted by molar-refractivity contribution is 0.736. The average Bonchev–Trinajstić information content (AvgIpc) is 2.32. The van der Waals surface area contributed by atoms with Gasteiger partial charge in [-0.3, -0.25) is 0 Å². The quantitative estimate of drug-likeness (QED) is 0.447. The van der Waals surface area contributed by atoms with Crippen molar-refractivity contribution in [2.45, 2.75) is 39.5 Å². The topological polar surface area (TPSA) is 0 Å². The van der Waals surface area contributed by atoms with Crippen molar-refractivity contribution in [3.63, 3.8) is 0 Å². The number of hydrogen-bond acceptors (Lipinski definition) is 0. The predicted molar refractivity (Wildman–Crippen MR) is 81.9 cm³/mol. The van der Waals surface area contributed by atoms with Gasteiger partial charge in [-0.05, 0) is 50.7 Å². The van der Waals surface area contributed by atoms with Crippen LogP contribution in [0.1, 0.15) is 36.0 Å². The number of benzene rings is 1. The molecule has 96 valence electrons. The Morgan fingerprint density at radius 1 is 1.06 bits per heavy atom. The summed E-state index contributed by atoms with van der Waals surface area (Å²) in [5, 5.41) is 0. The number of aryl methyl sites for hydroxylation is 3. The van der Waals surface area contributed by atoms with Crippen molar-refractivity contribution >= 4 is 0 Å². The Morgan fingerprint density at radius 2 is 1.72 bits per heavy atom. The molecule has 1 aromatic carbocycles. The Balaban J connectivity index is 2.40. The Hall–Kier alpha value is -1.56. The fourth-order valence-corrected chi connectivity index (χ4v) is 2.28. The van der Waals surface area contributed by atoms with Crippen LogP contribution in [0.4, 0.5) is 0 Å². The average molecular weight is 240 g/mol. The van der Waals surface area contributed by atoms with Crippen LogP contribution in [0.5, 0.6) is 0 Å². The minimum absolute atomic E-state index is 1.10. The third-order valence-corrected chi connectivity index (χ3v) is 3.06. The Kier molecular flexibility index (Phi) is 6.21. The zero-order valence-electron chi connectivity index (χ0n) is 11.7. The fraction of sp³-hybridized carbons (Fsp3) is 0.333. The second kappa shape index (κ2) is 7.71. The van der Waals surface area contributed by atoms with Crippen LogP contribution in [-0.2, 0) is 6.42 Å². The maximum absolute atomic E-state index is 3.82. The first-order valence-corrected chi connectivity index (χ1v) is 6.67. The summed E-state index contributed by atoms with van der Waals surface area (Å²) in [6, 6.07) is 6.81. The lowest BCUT2D eigenvalue weighted by atomic mass is 10.0. The highest BCUT2D eigenvalue weighted by atomic mass is 14.0. The highest BCUT2D eigenvalue weighted by Crippen LogP contribution is 2.14. The Labute approximate surface area is 112 Å². The predicted octanol–water partition coefficient (Wildman–Crippen LogP) is 5.31. The normalized spacial score (nSPS) is 11.3. The molecule has 0 heterocycles. The maximum atomic E-state index is 3.82. The standard InChI is InChI=1S/C18H24/c1-5-9-17(6-2)10-7-8-11-18-13-15(3)12-16(4)14-18/h5-6,9,12-14H,1-2,7-8,10-11H2,3-4H3/b17-9+. The molecule has 18 heavy (non-hydrogen) atoms. The molecule has 0 heteroatoms. The van der Waals surface area contributed by atoms with Crippen molar-refractivity contribution in [2.24, 2.45) is 0 Å². The molecule has 1 aromatic rings. The van der Waals surface area contributed by atoms with Crippen molar-refractivity contribution in [2.75, 3.05) is 0 Å². The van der Waals surface area contributed by atoms with Crippen LogP contribution in [-0.4, -0.2) is 0 Å². The van der Waals surface area contributed by atoms with E-state index in [1.54, 1.807) is 0 Å². The van der Waals surface area contributed by atoms with E-state index in [1.165, 1.54) is 41.5 Å². The van der Waals surface area contributed by atoms with E-state index in [1.807, 2.05) is 18.2 Å². The molecule has 0 saturated carbocycles. The zero-order chi connectivity index (χ0) is 13.4. The molecule has 0 amide bonds. The number of hydrogen-bond donors (Lipinski definition) is 0. The molecule has 0 unspecified atom stereocenters. The molecule has 0 aliphatic carbocycles. The van der Waals surface area contributed by atoms with Crippen LogP contribution in [0.3, 0.4) is 0 Å². The zero-order valence-corrected chi connectivity index (χ0v) is 11.7. The fourth-order valence-electron chi connectivity index (χ4n) is 2.28. The van der Waals surface area contributed by atoms with Crippen LogP contribution < -0.4 is 0 Å². The van der Waals surface area contributed by atoms with E-state index < -0.39 is 0 Å². The van der Waals surface area contributed by atoms with E-state index in [4.69, 9.17) is 0 Å². The van der Waals surface area contributed by atoms with Crippen LogP contribution in [0, 0.1) is 13.8 Å². The van der Waals surface area contributed by atoms with E-state index in [0.717, 1.165) is 6.42 Å². The molecule has 0 fully saturated rings. The maximum Gasteiger partial charge on any atom is -0.0279 e. The largest absolute Gasteiger partial charge is 0.0991 e. The SMILES string of the molecule is C=C/C=C(\C=C)CCCCc1cc(C)cc(C)c1. The summed E-state index contributed by atoms with van der Waals surface area (Å²) in [7, 11) is 0. The molecular formula is C18H24. The van der Waals surface area contributed by atoms with Crippen LogP contribution in [0.15, 0.2) is 55.2 Å². The van der Waals surface area contributed by atoms with Gasteiger partial charge in [-0.1, -0.05) is 60.7 Å². The molecule has 0 saturated heterocycles. The van der Waals surface area contributed by atoms with Crippen molar-refractivity contribution in [3.05, 3.63) is 71.8 Å². The van der Waals surface area contributed by atoms with Gasteiger partial charge in [0.05, 0.1) is 0 Å². The molecule has 0 aliphatic rings. The minimum Gasteiger partial charge on any atom is -0.0991 e. The van der Waals surface area contributed by atoms with E-state index in [9.17, 15) is 0 Å². The summed E-state index contributed by atoms with van der Waals surface area (Å²) in [6.45, 7) is 11.9. The van der Waals surface area contributed by atoms with Gasteiger partial charge in [-0.2, -0.15) is 0 Å². The van der Waals surface area contributed by atoms with Crippen LogP contribution in [0.25, 0.3) is 0 Å². The highest BCUT2D eigenvalue weighted by Gasteiger charge is 1.97. The first kappa shape index (κ1) is 14.5. The summed E-state index contributed by atoms with van der Waals surface area (Å²) >= 11 is 0. The molecule has 0 radical (unpaired) electrons. The van der Waals surface area contributed by atoms with E-state index in [-0.39, 0.29) is 0 Å². The summed E-state index contributed by atoms with van der Waals surface area (Å²) in [6.07, 6.45) is 10.5. The molecule has 0 bridgehead atoms. The van der Waals surface area contributed by atoms with Crippen molar-refractivity contribution in [1.29, 1.82) is 0 Å². The Bertz CT molecular complexity index is 415. The third-order valence-electron chi connectivity index (χ3n) is 3.06. The van der Waals surface area contributed by atoms with E-state index in [0.29, 0.717) is 0 Å². The number of allylic oxidation sites excluding steroid dienone is 4. The minimum atomic E-state index is 1.10. The lowest BCUT2D eigenvalue weighted by Gasteiger charge is -2.05. The molecule has 0 N–H and O–H groups in total. The van der Waals surface area contributed by atoms with Gasteiger partial charge in [0.15, 0.2) is 0 Å². The van der Waals surface area contributed by atoms with Gasteiger partial charge in [-0.15, -0.1) is 0 Å². The summed E-state index contributed by atoms with van der Waals surface area (Å²) in [4.78, 5) is 0. The molecular weight excluding hydrogens is 216 g/mol. The summed E-state index contributed by atoms with van der Waals surface area (Å²) < 4.78 is 0. The Morgan fingerprint density at radius 3 is 2.28 bits per heavy atom. The summed E-state index contributed by atoms with van der Waals surface area (Å²) in [5.41, 5.74) is 5.47. The summed E-state index contributed by atoms with van der Waals surface area (Å²) in [5.74, 6) is 0. The molecule has 0 aromatic heterocycles.